The minimum Gasteiger partial charge on any atom is -0.0694 e. The first-order valence-electron chi connectivity index (χ1n) is 9.77. The average molecular weight is 300 g/mol. The molecular weight excluding hydrogens is 262 g/mol. The van der Waals surface area contributed by atoms with Gasteiger partial charge in [-0.25, -0.2) is 0 Å². The van der Waals surface area contributed by atoms with Crippen molar-refractivity contribution in [3.8, 4) is 0 Å². The molecule has 0 aliphatic carbocycles. The normalized spacial score (nSPS) is 51.8. The highest BCUT2D eigenvalue weighted by molar-refractivity contribution is 6.42. The van der Waals surface area contributed by atoms with Gasteiger partial charge in [-0.05, 0) is 35.5 Å². The highest BCUT2D eigenvalue weighted by atomic mass is 14.4. The van der Waals surface area contributed by atoms with Crippen LogP contribution in [0.15, 0.2) is 0 Å². The largest absolute Gasteiger partial charge is 0.121 e. The Bertz CT molecular complexity index is 378. The van der Waals surface area contributed by atoms with Crippen LogP contribution in [-0.4, -0.2) is 14.6 Å². The molecular formula is C20H38B2. The van der Waals surface area contributed by atoms with Crippen LogP contribution in [0.2, 0.25) is 22.8 Å². The van der Waals surface area contributed by atoms with E-state index in [0.29, 0.717) is 5.31 Å². The third-order valence-electron chi connectivity index (χ3n) is 8.26. The van der Waals surface area contributed by atoms with Crippen molar-refractivity contribution in [2.75, 3.05) is 0 Å². The van der Waals surface area contributed by atoms with Crippen molar-refractivity contribution in [1.82, 2.24) is 0 Å². The summed E-state index contributed by atoms with van der Waals surface area (Å²) in [5, 5.41) is 0.395. The van der Waals surface area contributed by atoms with E-state index in [1.807, 2.05) is 0 Å². The summed E-state index contributed by atoms with van der Waals surface area (Å²) in [7, 11) is 5.37. The van der Waals surface area contributed by atoms with Gasteiger partial charge in [0.15, 0.2) is 0 Å². The van der Waals surface area contributed by atoms with Gasteiger partial charge in [0.2, 0.25) is 0 Å². The van der Waals surface area contributed by atoms with Crippen LogP contribution in [0.4, 0.5) is 0 Å². The van der Waals surface area contributed by atoms with E-state index in [0.717, 1.165) is 53.0 Å². The average Bonchev–Trinajstić information content (AvgIpc) is 2.44. The van der Waals surface area contributed by atoms with Crippen LogP contribution in [-0.2, 0) is 0 Å². The SMILES string of the molecule is CC1[B]C(CC2C(C)[B]C(C)(C)C(C)C2C)C(C)C(C)C1C. The fraction of sp³-hybridized carbons (Fsp3) is 1.00. The molecule has 2 aliphatic rings. The lowest BCUT2D eigenvalue weighted by molar-refractivity contribution is 0.152. The van der Waals surface area contributed by atoms with E-state index in [1.54, 1.807) is 0 Å². The first kappa shape index (κ1) is 18.5. The lowest BCUT2D eigenvalue weighted by Crippen LogP contribution is -2.43. The Hall–Kier alpha value is 0.130. The minimum atomic E-state index is 0.395. The zero-order valence-electron chi connectivity index (χ0n) is 16.6. The minimum absolute atomic E-state index is 0.395. The molecule has 0 aromatic rings. The molecule has 0 nitrogen and oxygen atoms in total. The molecule has 0 bridgehead atoms. The highest BCUT2D eigenvalue weighted by Gasteiger charge is 2.45. The first-order chi connectivity index (χ1) is 10.1. The van der Waals surface area contributed by atoms with Crippen LogP contribution in [0, 0.1) is 35.5 Å². The highest BCUT2D eigenvalue weighted by Crippen LogP contribution is 2.55. The number of rotatable bonds is 2. The second-order valence-electron chi connectivity index (χ2n) is 9.69. The molecule has 0 aromatic heterocycles. The van der Waals surface area contributed by atoms with Crippen LogP contribution in [0.3, 0.4) is 0 Å². The monoisotopic (exact) mass is 300 g/mol. The molecule has 9 unspecified atom stereocenters. The Kier molecular flexibility index (Phi) is 5.51. The van der Waals surface area contributed by atoms with E-state index in [1.165, 1.54) is 6.42 Å². The number of hydrogen-bond acceptors (Lipinski definition) is 0. The van der Waals surface area contributed by atoms with Crippen LogP contribution in [0.25, 0.3) is 0 Å². The molecule has 0 N–H and O–H groups in total. The Morgan fingerprint density at radius 1 is 0.727 bits per heavy atom. The lowest BCUT2D eigenvalue weighted by atomic mass is 9.33. The van der Waals surface area contributed by atoms with Crippen molar-refractivity contribution in [1.29, 1.82) is 0 Å². The molecule has 124 valence electrons. The van der Waals surface area contributed by atoms with Gasteiger partial charge < -0.3 is 0 Å². The number of hydrogen-bond donors (Lipinski definition) is 0. The molecule has 2 saturated heterocycles. The summed E-state index contributed by atoms with van der Waals surface area (Å²) in [6.45, 7) is 22.2. The van der Waals surface area contributed by atoms with E-state index in [-0.39, 0.29) is 0 Å². The fourth-order valence-corrected chi connectivity index (χ4v) is 5.60. The zero-order valence-corrected chi connectivity index (χ0v) is 16.6. The Labute approximate surface area is 142 Å². The third kappa shape index (κ3) is 3.32. The third-order valence-corrected chi connectivity index (χ3v) is 8.26. The molecule has 0 spiro atoms. The first-order valence-corrected chi connectivity index (χ1v) is 9.77. The van der Waals surface area contributed by atoms with Gasteiger partial charge in [0, 0.05) is 0 Å². The molecule has 2 heterocycles. The molecule has 2 fully saturated rings. The maximum atomic E-state index is 2.71. The van der Waals surface area contributed by atoms with E-state index in [4.69, 9.17) is 0 Å². The maximum absolute atomic E-state index is 2.71. The second-order valence-corrected chi connectivity index (χ2v) is 9.69. The van der Waals surface area contributed by atoms with Crippen molar-refractivity contribution in [3.63, 3.8) is 0 Å². The topological polar surface area (TPSA) is 0 Å². The van der Waals surface area contributed by atoms with Gasteiger partial charge in [0.05, 0.1) is 0 Å². The molecule has 9 atom stereocenters. The Morgan fingerprint density at radius 2 is 1.32 bits per heavy atom. The molecule has 2 aliphatic heterocycles. The van der Waals surface area contributed by atoms with E-state index < -0.39 is 0 Å². The van der Waals surface area contributed by atoms with E-state index in [2.05, 4.69) is 76.9 Å². The lowest BCUT2D eigenvalue weighted by Gasteiger charge is -2.51. The van der Waals surface area contributed by atoms with Crippen molar-refractivity contribution >= 4 is 14.6 Å². The van der Waals surface area contributed by atoms with Gasteiger partial charge in [-0.15, -0.1) is 0 Å². The summed E-state index contributed by atoms with van der Waals surface area (Å²) in [6, 6.07) is 0. The van der Waals surface area contributed by atoms with Crippen LogP contribution in [0.1, 0.15) is 68.7 Å². The summed E-state index contributed by atoms with van der Waals surface area (Å²) in [4.78, 5) is 0. The molecule has 22 heavy (non-hydrogen) atoms. The van der Waals surface area contributed by atoms with Gasteiger partial charge >= 0.3 is 0 Å². The summed E-state index contributed by atoms with van der Waals surface area (Å²) in [5.41, 5.74) is 0. The van der Waals surface area contributed by atoms with Crippen molar-refractivity contribution in [3.05, 3.63) is 0 Å². The Morgan fingerprint density at radius 3 is 1.91 bits per heavy atom. The summed E-state index contributed by atoms with van der Waals surface area (Å²) in [6.07, 6.45) is 1.40. The molecule has 0 amide bonds. The van der Waals surface area contributed by atoms with Crippen LogP contribution >= 0.6 is 0 Å². The molecule has 0 aromatic carbocycles. The van der Waals surface area contributed by atoms with Gasteiger partial charge in [0.1, 0.15) is 14.6 Å². The summed E-state index contributed by atoms with van der Waals surface area (Å²) in [5.74, 6) is 7.39. The Balaban J connectivity index is 2.09. The van der Waals surface area contributed by atoms with Gasteiger partial charge in [-0.2, -0.15) is 0 Å². The summed E-state index contributed by atoms with van der Waals surface area (Å²) >= 11 is 0. The molecule has 2 radical (unpaired) electrons. The predicted molar refractivity (Wildman–Crippen MR) is 102 cm³/mol. The van der Waals surface area contributed by atoms with Gasteiger partial charge in [-0.3, -0.25) is 0 Å². The van der Waals surface area contributed by atoms with Crippen molar-refractivity contribution in [2.45, 2.75) is 91.5 Å². The van der Waals surface area contributed by atoms with Crippen molar-refractivity contribution < 1.29 is 0 Å². The van der Waals surface area contributed by atoms with Gasteiger partial charge in [0.25, 0.3) is 0 Å². The second kappa shape index (κ2) is 6.56. The quantitative estimate of drug-likeness (QED) is 0.532. The summed E-state index contributed by atoms with van der Waals surface area (Å²) < 4.78 is 0. The zero-order chi connectivity index (χ0) is 16.8. The molecule has 0 saturated carbocycles. The smallest absolute Gasteiger partial charge is 0.0694 e. The molecule has 2 rings (SSSR count). The predicted octanol–water partition coefficient (Wildman–Crippen LogP) is 6.21. The van der Waals surface area contributed by atoms with Crippen LogP contribution in [0.5, 0.6) is 0 Å². The van der Waals surface area contributed by atoms with E-state index in [9.17, 15) is 0 Å². The van der Waals surface area contributed by atoms with E-state index >= 15 is 0 Å². The fourth-order valence-electron chi connectivity index (χ4n) is 5.60. The van der Waals surface area contributed by atoms with Crippen molar-refractivity contribution in [2.24, 2.45) is 35.5 Å². The standard InChI is InChI=1S/C20H38B2/c1-11-12(2)16(6)21-19(13(11)3)10-18-14(4)15(5)20(8,9)22-17(18)7/h11-19H,10H2,1-9H3. The van der Waals surface area contributed by atoms with Crippen LogP contribution < -0.4 is 0 Å². The van der Waals surface area contributed by atoms with Gasteiger partial charge in [-0.1, -0.05) is 91.5 Å². The maximum Gasteiger partial charge on any atom is 0.121 e. The molecule has 2 heteroatoms.